The summed E-state index contributed by atoms with van der Waals surface area (Å²) >= 11 is 10.9. The van der Waals surface area contributed by atoms with Gasteiger partial charge in [-0.05, 0) is 36.8 Å². The SMILES string of the molecule is Cc1ccc(NC(=O)c2nnc(/C(Cl)=C/c3ccccc3Br)s2)cc1. The van der Waals surface area contributed by atoms with Crippen molar-refractivity contribution in [3.8, 4) is 0 Å². The first-order valence-electron chi connectivity index (χ1n) is 7.36. The van der Waals surface area contributed by atoms with Gasteiger partial charge in [-0.15, -0.1) is 10.2 Å². The van der Waals surface area contributed by atoms with Crippen molar-refractivity contribution in [1.82, 2.24) is 10.2 Å². The van der Waals surface area contributed by atoms with E-state index in [4.69, 9.17) is 11.6 Å². The second-order valence-corrected chi connectivity index (χ2v) is 7.49. The van der Waals surface area contributed by atoms with Crippen molar-refractivity contribution in [2.45, 2.75) is 6.92 Å². The highest BCUT2D eigenvalue weighted by Crippen LogP contribution is 2.28. The lowest BCUT2D eigenvalue weighted by atomic mass is 10.2. The fourth-order valence-corrected chi connectivity index (χ4v) is 3.34. The van der Waals surface area contributed by atoms with E-state index >= 15 is 0 Å². The summed E-state index contributed by atoms with van der Waals surface area (Å²) < 4.78 is 0.926. The van der Waals surface area contributed by atoms with Crippen LogP contribution in [0.25, 0.3) is 11.1 Å². The maximum Gasteiger partial charge on any atom is 0.286 e. The number of aryl methyl sites for hydroxylation is 1. The van der Waals surface area contributed by atoms with E-state index in [2.05, 4.69) is 31.4 Å². The predicted octanol–water partition coefficient (Wildman–Crippen LogP) is 5.60. The number of hydrogen-bond donors (Lipinski definition) is 1. The summed E-state index contributed by atoms with van der Waals surface area (Å²) in [5.74, 6) is -0.307. The largest absolute Gasteiger partial charge is 0.320 e. The molecule has 4 nitrogen and oxygen atoms in total. The minimum Gasteiger partial charge on any atom is -0.320 e. The standard InChI is InChI=1S/C18H13BrClN3OS/c1-11-6-8-13(9-7-11)21-16(24)18-23-22-17(25-18)15(20)10-12-4-2-3-5-14(12)19/h2-10H,1H3,(H,21,24)/b15-10-. The topological polar surface area (TPSA) is 54.9 Å². The van der Waals surface area contributed by atoms with Gasteiger partial charge in [-0.3, -0.25) is 4.79 Å². The van der Waals surface area contributed by atoms with E-state index in [1.165, 1.54) is 0 Å². The lowest BCUT2D eigenvalue weighted by Gasteiger charge is -2.02. The van der Waals surface area contributed by atoms with E-state index in [0.717, 1.165) is 26.9 Å². The zero-order valence-corrected chi connectivity index (χ0v) is 16.3. The van der Waals surface area contributed by atoms with Gasteiger partial charge >= 0.3 is 0 Å². The fraction of sp³-hybridized carbons (Fsp3) is 0.0556. The molecule has 0 spiro atoms. The van der Waals surface area contributed by atoms with E-state index in [9.17, 15) is 4.79 Å². The molecule has 7 heteroatoms. The maximum atomic E-state index is 12.3. The van der Waals surface area contributed by atoms with Gasteiger partial charge in [0.1, 0.15) is 0 Å². The Hall–Kier alpha value is -2.02. The number of nitrogens with one attached hydrogen (secondary N) is 1. The fourth-order valence-electron chi connectivity index (χ4n) is 2.02. The maximum absolute atomic E-state index is 12.3. The molecule has 0 atom stereocenters. The first-order valence-corrected chi connectivity index (χ1v) is 9.35. The number of carbonyl (C=O) groups excluding carboxylic acids is 1. The van der Waals surface area contributed by atoms with Gasteiger partial charge in [0.2, 0.25) is 5.01 Å². The number of nitrogens with zero attached hydrogens (tertiary/aromatic N) is 2. The van der Waals surface area contributed by atoms with Crippen LogP contribution in [0.4, 0.5) is 5.69 Å². The molecular weight excluding hydrogens is 422 g/mol. The quantitative estimate of drug-likeness (QED) is 0.581. The summed E-state index contributed by atoms with van der Waals surface area (Å²) in [4.78, 5) is 12.3. The van der Waals surface area contributed by atoms with E-state index in [0.29, 0.717) is 15.7 Å². The Morgan fingerprint density at radius 1 is 1.12 bits per heavy atom. The average molecular weight is 435 g/mol. The monoisotopic (exact) mass is 433 g/mol. The highest BCUT2D eigenvalue weighted by Gasteiger charge is 2.15. The molecule has 0 aliphatic carbocycles. The van der Waals surface area contributed by atoms with Gasteiger partial charge in [0.05, 0.1) is 5.03 Å². The lowest BCUT2D eigenvalue weighted by molar-refractivity contribution is 0.102. The van der Waals surface area contributed by atoms with Crippen molar-refractivity contribution in [1.29, 1.82) is 0 Å². The molecule has 3 aromatic rings. The summed E-state index contributed by atoms with van der Waals surface area (Å²) in [6.45, 7) is 1.99. The van der Waals surface area contributed by atoms with Gasteiger partial charge < -0.3 is 5.32 Å². The number of aromatic nitrogens is 2. The molecule has 0 radical (unpaired) electrons. The van der Waals surface area contributed by atoms with Gasteiger partial charge in [-0.25, -0.2) is 0 Å². The molecule has 0 fully saturated rings. The van der Waals surface area contributed by atoms with Gasteiger partial charge in [0, 0.05) is 10.2 Å². The van der Waals surface area contributed by atoms with Crippen molar-refractivity contribution in [2.75, 3.05) is 5.32 Å². The summed E-state index contributed by atoms with van der Waals surface area (Å²) in [7, 11) is 0. The van der Waals surface area contributed by atoms with Crippen molar-refractivity contribution in [3.05, 3.63) is 74.1 Å². The second kappa shape index (κ2) is 7.91. The van der Waals surface area contributed by atoms with Crippen LogP contribution >= 0.6 is 38.9 Å². The summed E-state index contributed by atoms with van der Waals surface area (Å²) in [6, 6.07) is 15.2. The second-order valence-electron chi connectivity index (χ2n) is 5.25. The van der Waals surface area contributed by atoms with Gasteiger partial charge in [0.25, 0.3) is 5.91 Å². The highest BCUT2D eigenvalue weighted by molar-refractivity contribution is 9.10. The van der Waals surface area contributed by atoms with E-state index in [1.54, 1.807) is 6.08 Å². The molecule has 2 aromatic carbocycles. The first-order chi connectivity index (χ1) is 12.0. The minimum atomic E-state index is -0.307. The molecule has 0 bridgehead atoms. The number of benzene rings is 2. The zero-order chi connectivity index (χ0) is 17.8. The Morgan fingerprint density at radius 2 is 1.80 bits per heavy atom. The van der Waals surface area contributed by atoms with E-state index < -0.39 is 0 Å². The molecule has 0 aliphatic rings. The Labute approximate surface area is 162 Å². The van der Waals surface area contributed by atoms with Crippen molar-refractivity contribution in [3.63, 3.8) is 0 Å². The van der Waals surface area contributed by atoms with Crippen molar-refractivity contribution in [2.24, 2.45) is 0 Å². The van der Waals surface area contributed by atoms with Crippen LogP contribution in [-0.4, -0.2) is 16.1 Å². The molecule has 1 heterocycles. The first kappa shape index (κ1) is 17.8. The summed E-state index contributed by atoms with van der Waals surface area (Å²) in [5.41, 5.74) is 2.76. The Morgan fingerprint density at radius 3 is 2.52 bits per heavy atom. The Balaban J connectivity index is 1.76. The van der Waals surface area contributed by atoms with Crippen LogP contribution < -0.4 is 5.32 Å². The molecule has 1 amide bonds. The average Bonchev–Trinajstić information content (AvgIpc) is 3.09. The molecule has 3 rings (SSSR count). The molecule has 1 aromatic heterocycles. The number of amides is 1. The normalized spacial score (nSPS) is 11.4. The number of rotatable bonds is 4. The van der Waals surface area contributed by atoms with E-state index in [-0.39, 0.29) is 10.9 Å². The summed E-state index contributed by atoms with van der Waals surface area (Å²) in [6.07, 6.45) is 1.79. The van der Waals surface area contributed by atoms with Crippen LogP contribution in [0.1, 0.15) is 25.9 Å². The number of halogens is 2. The van der Waals surface area contributed by atoms with Crippen molar-refractivity contribution >= 4 is 61.6 Å². The van der Waals surface area contributed by atoms with Gasteiger partial charge in [-0.1, -0.05) is 74.8 Å². The van der Waals surface area contributed by atoms with Crippen molar-refractivity contribution < 1.29 is 4.79 Å². The lowest BCUT2D eigenvalue weighted by Crippen LogP contribution is -2.11. The number of carbonyl (C=O) groups is 1. The summed E-state index contributed by atoms with van der Waals surface area (Å²) in [5, 5.41) is 11.9. The minimum absolute atomic E-state index is 0.259. The molecule has 0 unspecified atom stereocenters. The van der Waals surface area contributed by atoms with Gasteiger partial charge in [0.15, 0.2) is 5.01 Å². The highest BCUT2D eigenvalue weighted by atomic mass is 79.9. The van der Waals surface area contributed by atoms with Crippen LogP contribution in [0.2, 0.25) is 0 Å². The van der Waals surface area contributed by atoms with Gasteiger partial charge in [-0.2, -0.15) is 0 Å². The van der Waals surface area contributed by atoms with Crippen LogP contribution in [0.5, 0.6) is 0 Å². The predicted molar refractivity (Wildman–Crippen MR) is 107 cm³/mol. The van der Waals surface area contributed by atoms with Crippen LogP contribution in [0, 0.1) is 6.92 Å². The third-order valence-electron chi connectivity index (χ3n) is 3.32. The zero-order valence-electron chi connectivity index (χ0n) is 13.2. The molecule has 0 saturated carbocycles. The van der Waals surface area contributed by atoms with Crippen LogP contribution in [0.15, 0.2) is 53.0 Å². The molecule has 126 valence electrons. The third kappa shape index (κ3) is 4.54. The van der Waals surface area contributed by atoms with Crippen LogP contribution in [-0.2, 0) is 0 Å². The molecule has 0 saturated heterocycles. The number of anilines is 1. The molecule has 1 N–H and O–H groups in total. The smallest absolute Gasteiger partial charge is 0.286 e. The third-order valence-corrected chi connectivity index (χ3v) is 5.40. The number of hydrogen-bond acceptors (Lipinski definition) is 4. The van der Waals surface area contributed by atoms with Crippen LogP contribution in [0.3, 0.4) is 0 Å². The Bertz CT molecular complexity index is 938. The molecule has 25 heavy (non-hydrogen) atoms. The Kier molecular flexibility index (Phi) is 5.63. The molecular formula is C18H13BrClN3OS. The van der Waals surface area contributed by atoms with E-state index in [1.807, 2.05) is 55.5 Å². The molecule has 0 aliphatic heterocycles.